The molecule has 1 atom stereocenters. The SMILES string of the molecule is N#Cc1ccccc1Nc1ncc([N+](=O)[O-])c(NC2CCOc3ccc(F)cc32)n1. The second-order valence-electron chi connectivity index (χ2n) is 6.48. The molecule has 0 bridgehead atoms. The van der Waals surface area contributed by atoms with Gasteiger partial charge in [-0.3, -0.25) is 10.1 Å². The molecular weight excluding hydrogens is 391 g/mol. The molecule has 1 aliphatic rings. The summed E-state index contributed by atoms with van der Waals surface area (Å²) in [5.74, 6) is 0.142. The van der Waals surface area contributed by atoms with Gasteiger partial charge in [-0.1, -0.05) is 12.1 Å². The monoisotopic (exact) mass is 406 g/mol. The number of ether oxygens (including phenoxy) is 1. The summed E-state index contributed by atoms with van der Waals surface area (Å²) in [6.07, 6.45) is 1.55. The molecule has 0 fully saturated rings. The van der Waals surface area contributed by atoms with E-state index < -0.39 is 16.8 Å². The average molecular weight is 406 g/mol. The first kappa shape index (κ1) is 19.1. The van der Waals surface area contributed by atoms with Crippen molar-refractivity contribution in [2.75, 3.05) is 17.2 Å². The molecule has 150 valence electrons. The van der Waals surface area contributed by atoms with Crippen LogP contribution in [0.3, 0.4) is 0 Å². The van der Waals surface area contributed by atoms with Crippen LogP contribution < -0.4 is 15.4 Å². The fourth-order valence-corrected chi connectivity index (χ4v) is 3.17. The number of hydrogen-bond acceptors (Lipinski definition) is 8. The fourth-order valence-electron chi connectivity index (χ4n) is 3.17. The summed E-state index contributed by atoms with van der Waals surface area (Å²) < 4.78 is 19.3. The van der Waals surface area contributed by atoms with Crippen LogP contribution in [0.4, 0.5) is 27.5 Å². The van der Waals surface area contributed by atoms with Gasteiger partial charge in [-0.05, 0) is 30.3 Å². The van der Waals surface area contributed by atoms with Crippen molar-refractivity contribution in [1.29, 1.82) is 5.26 Å². The minimum atomic E-state index is -0.596. The number of para-hydroxylation sites is 1. The maximum atomic E-state index is 13.7. The quantitative estimate of drug-likeness (QED) is 0.480. The summed E-state index contributed by atoms with van der Waals surface area (Å²) >= 11 is 0. The Morgan fingerprint density at radius 3 is 2.93 bits per heavy atom. The number of halogens is 1. The van der Waals surface area contributed by atoms with E-state index in [9.17, 15) is 19.8 Å². The molecule has 0 aliphatic carbocycles. The van der Waals surface area contributed by atoms with Crippen LogP contribution in [0.2, 0.25) is 0 Å². The van der Waals surface area contributed by atoms with Crippen molar-refractivity contribution < 1.29 is 14.1 Å². The Morgan fingerprint density at radius 1 is 1.30 bits per heavy atom. The number of nitro groups is 1. The van der Waals surface area contributed by atoms with E-state index in [1.165, 1.54) is 18.2 Å². The van der Waals surface area contributed by atoms with Crippen LogP contribution in [0, 0.1) is 27.3 Å². The zero-order chi connectivity index (χ0) is 21.1. The molecule has 30 heavy (non-hydrogen) atoms. The van der Waals surface area contributed by atoms with Gasteiger partial charge in [0.05, 0.1) is 28.8 Å². The van der Waals surface area contributed by atoms with E-state index in [2.05, 4.69) is 26.7 Å². The third kappa shape index (κ3) is 3.81. The number of nitrogens with one attached hydrogen (secondary N) is 2. The lowest BCUT2D eigenvalue weighted by Gasteiger charge is -2.27. The van der Waals surface area contributed by atoms with Crippen molar-refractivity contribution >= 4 is 23.1 Å². The highest BCUT2D eigenvalue weighted by Crippen LogP contribution is 2.36. The Bertz CT molecular complexity index is 1160. The Balaban J connectivity index is 1.68. The maximum Gasteiger partial charge on any atom is 0.329 e. The molecule has 1 unspecified atom stereocenters. The lowest BCUT2D eigenvalue weighted by molar-refractivity contribution is -0.384. The third-order valence-corrected chi connectivity index (χ3v) is 4.58. The van der Waals surface area contributed by atoms with Crippen LogP contribution in [0.1, 0.15) is 23.6 Å². The number of nitrogens with zero attached hydrogens (tertiary/aromatic N) is 4. The first-order valence-electron chi connectivity index (χ1n) is 9.01. The fraction of sp³-hybridized carbons (Fsp3) is 0.150. The predicted molar refractivity (Wildman–Crippen MR) is 106 cm³/mol. The number of fused-ring (bicyclic) bond motifs is 1. The standard InChI is InChI=1S/C20H15FN6O3/c21-13-5-6-18-14(9-13)16(7-8-30-18)24-19-17(27(28)29)11-23-20(26-19)25-15-4-2-1-3-12(15)10-22/h1-6,9,11,16H,7-8H2,(H2,23,24,25,26). The second kappa shape index (κ2) is 8.00. The van der Waals surface area contributed by atoms with Gasteiger partial charge in [0.2, 0.25) is 11.8 Å². The normalized spacial score (nSPS) is 14.7. The number of anilines is 3. The summed E-state index contributed by atoms with van der Waals surface area (Å²) in [6, 6.07) is 12.5. The van der Waals surface area contributed by atoms with Gasteiger partial charge in [0.25, 0.3) is 0 Å². The molecule has 0 saturated carbocycles. The highest BCUT2D eigenvalue weighted by Gasteiger charge is 2.26. The Kier molecular flexibility index (Phi) is 5.09. The molecule has 4 rings (SSSR count). The number of benzene rings is 2. The van der Waals surface area contributed by atoms with Gasteiger partial charge >= 0.3 is 5.69 Å². The number of hydrogen-bond donors (Lipinski definition) is 2. The highest BCUT2D eigenvalue weighted by molar-refractivity contribution is 5.65. The third-order valence-electron chi connectivity index (χ3n) is 4.58. The first-order valence-corrected chi connectivity index (χ1v) is 9.01. The van der Waals surface area contributed by atoms with Gasteiger partial charge in [0.1, 0.15) is 23.8 Å². The molecule has 9 nitrogen and oxygen atoms in total. The van der Waals surface area contributed by atoms with E-state index >= 15 is 0 Å². The van der Waals surface area contributed by atoms with E-state index in [4.69, 9.17) is 4.74 Å². The van der Waals surface area contributed by atoms with Crippen molar-refractivity contribution in [2.45, 2.75) is 12.5 Å². The lowest BCUT2D eigenvalue weighted by Crippen LogP contribution is -2.22. The van der Waals surface area contributed by atoms with E-state index in [0.717, 1.165) is 6.20 Å². The van der Waals surface area contributed by atoms with Gasteiger partial charge < -0.3 is 15.4 Å². The number of nitriles is 1. The summed E-state index contributed by atoms with van der Waals surface area (Å²) in [5.41, 5.74) is 1.08. The lowest BCUT2D eigenvalue weighted by atomic mass is 10.0. The zero-order valence-corrected chi connectivity index (χ0v) is 15.5. The molecule has 1 aliphatic heterocycles. The molecule has 0 radical (unpaired) electrons. The number of aromatic nitrogens is 2. The van der Waals surface area contributed by atoms with Crippen molar-refractivity contribution in [3.63, 3.8) is 0 Å². The Labute approximate surface area is 170 Å². The molecule has 1 aromatic heterocycles. The van der Waals surface area contributed by atoms with Crippen molar-refractivity contribution in [2.24, 2.45) is 0 Å². The minimum absolute atomic E-state index is 0.0194. The minimum Gasteiger partial charge on any atom is -0.493 e. The van der Waals surface area contributed by atoms with Gasteiger partial charge in [0, 0.05) is 12.0 Å². The molecule has 2 heterocycles. The molecule has 10 heteroatoms. The predicted octanol–water partition coefficient (Wildman–Crippen LogP) is 4.07. The Morgan fingerprint density at radius 2 is 2.13 bits per heavy atom. The van der Waals surface area contributed by atoms with E-state index in [1.807, 2.05) is 0 Å². The van der Waals surface area contributed by atoms with E-state index in [0.29, 0.717) is 35.6 Å². The van der Waals surface area contributed by atoms with Gasteiger partial charge in [0.15, 0.2) is 0 Å². The zero-order valence-electron chi connectivity index (χ0n) is 15.5. The van der Waals surface area contributed by atoms with Gasteiger partial charge in [-0.2, -0.15) is 10.2 Å². The first-order chi connectivity index (χ1) is 14.5. The second-order valence-corrected chi connectivity index (χ2v) is 6.48. The largest absolute Gasteiger partial charge is 0.493 e. The molecule has 2 N–H and O–H groups in total. The van der Waals surface area contributed by atoms with Gasteiger partial charge in [-0.15, -0.1) is 0 Å². The van der Waals surface area contributed by atoms with Crippen molar-refractivity contribution in [3.8, 4) is 11.8 Å². The summed E-state index contributed by atoms with van der Waals surface area (Å²) in [5, 5.41) is 26.6. The smallest absolute Gasteiger partial charge is 0.329 e. The van der Waals surface area contributed by atoms with Crippen LogP contribution in [0.5, 0.6) is 5.75 Å². The Hall–Kier alpha value is -4.26. The summed E-state index contributed by atoms with van der Waals surface area (Å²) in [4.78, 5) is 19.1. The maximum absolute atomic E-state index is 13.7. The molecule has 0 spiro atoms. The molecule has 3 aromatic rings. The van der Waals surface area contributed by atoms with E-state index in [-0.39, 0.29) is 17.5 Å². The number of rotatable bonds is 5. The van der Waals surface area contributed by atoms with Crippen molar-refractivity contribution in [1.82, 2.24) is 9.97 Å². The van der Waals surface area contributed by atoms with E-state index in [1.54, 1.807) is 24.3 Å². The van der Waals surface area contributed by atoms with Crippen LogP contribution in [-0.4, -0.2) is 21.5 Å². The molecule has 2 aromatic carbocycles. The molecular formula is C20H15FN6O3. The molecule has 0 amide bonds. The molecule has 0 saturated heterocycles. The van der Waals surface area contributed by atoms with Gasteiger partial charge in [-0.25, -0.2) is 9.37 Å². The van der Waals surface area contributed by atoms with Crippen LogP contribution in [-0.2, 0) is 0 Å². The van der Waals surface area contributed by atoms with Crippen molar-refractivity contribution in [3.05, 3.63) is 75.7 Å². The highest BCUT2D eigenvalue weighted by atomic mass is 19.1. The topological polar surface area (TPSA) is 126 Å². The summed E-state index contributed by atoms with van der Waals surface area (Å²) in [7, 11) is 0. The van der Waals surface area contributed by atoms with Crippen LogP contribution in [0.15, 0.2) is 48.7 Å². The average Bonchev–Trinajstić information content (AvgIpc) is 2.74. The summed E-state index contributed by atoms with van der Waals surface area (Å²) in [6.45, 7) is 0.371. The van der Waals surface area contributed by atoms with Crippen LogP contribution in [0.25, 0.3) is 0 Å². The van der Waals surface area contributed by atoms with Crippen LogP contribution >= 0.6 is 0 Å².